The van der Waals surface area contributed by atoms with Gasteiger partial charge in [-0.2, -0.15) is 0 Å². The van der Waals surface area contributed by atoms with E-state index >= 15 is 0 Å². The molecule has 2 aliphatic heterocycles. The number of likely N-dealkylation sites (tertiary alicyclic amines) is 1. The summed E-state index contributed by atoms with van der Waals surface area (Å²) in [7, 11) is 0. The molecule has 1 atom stereocenters. The van der Waals surface area contributed by atoms with Crippen LogP contribution in [0.5, 0.6) is 0 Å². The molecule has 2 fully saturated rings. The molecule has 4 rings (SSSR count). The SMILES string of the molecule is Cc1ccccc1CC(=O)N1CC(C(=O)NCCc2ccncc2)C2(CCOCC2)C1. The summed E-state index contributed by atoms with van der Waals surface area (Å²) in [5.74, 6) is -0.0240. The number of hydrogen-bond donors (Lipinski definition) is 1. The number of amides is 2. The summed E-state index contributed by atoms with van der Waals surface area (Å²) in [5, 5.41) is 3.12. The molecule has 2 saturated heterocycles. The minimum atomic E-state index is -0.185. The van der Waals surface area contributed by atoms with Crippen molar-refractivity contribution < 1.29 is 14.3 Å². The fourth-order valence-corrected chi connectivity index (χ4v) is 4.89. The Kier molecular flexibility index (Phi) is 6.66. The average molecular weight is 422 g/mol. The maximum atomic E-state index is 13.2. The van der Waals surface area contributed by atoms with Crippen LogP contribution in [0.3, 0.4) is 0 Å². The van der Waals surface area contributed by atoms with Crippen molar-refractivity contribution in [1.29, 1.82) is 0 Å². The van der Waals surface area contributed by atoms with E-state index in [4.69, 9.17) is 4.74 Å². The van der Waals surface area contributed by atoms with Crippen LogP contribution >= 0.6 is 0 Å². The molecule has 1 aromatic carbocycles. The molecule has 0 saturated carbocycles. The molecule has 2 aliphatic rings. The van der Waals surface area contributed by atoms with Crippen molar-refractivity contribution in [2.24, 2.45) is 11.3 Å². The highest BCUT2D eigenvalue weighted by Crippen LogP contribution is 2.44. The summed E-state index contributed by atoms with van der Waals surface area (Å²) >= 11 is 0. The third kappa shape index (κ3) is 4.96. The molecular weight excluding hydrogens is 390 g/mol. The summed E-state index contributed by atoms with van der Waals surface area (Å²) in [6.07, 6.45) is 6.34. The van der Waals surface area contributed by atoms with Gasteiger partial charge in [0.25, 0.3) is 0 Å². The van der Waals surface area contributed by atoms with Crippen molar-refractivity contribution in [2.45, 2.75) is 32.6 Å². The van der Waals surface area contributed by atoms with Gasteiger partial charge in [-0.15, -0.1) is 0 Å². The minimum Gasteiger partial charge on any atom is -0.381 e. The highest BCUT2D eigenvalue weighted by Gasteiger charge is 2.51. The number of carbonyl (C=O) groups is 2. The van der Waals surface area contributed by atoms with E-state index < -0.39 is 0 Å². The molecule has 1 unspecified atom stereocenters. The van der Waals surface area contributed by atoms with Gasteiger partial charge in [-0.1, -0.05) is 24.3 Å². The molecule has 0 bridgehead atoms. The van der Waals surface area contributed by atoms with Crippen LogP contribution in [0, 0.1) is 18.3 Å². The van der Waals surface area contributed by atoms with Gasteiger partial charge in [-0.05, 0) is 55.0 Å². The van der Waals surface area contributed by atoms with E-state index in [0.717, 1.165) is 36.0 Å². The Hall–Kier alpha value is -2.73. The zero-order valence-electron chi connectivity index (χ0n) is 18.2. The van der Waals surface area contributed by atoms with Crippen LogP contribution < -0.4 is 5.32 Å². The zero-order valence-corrected chi connectivity index (χ0v) is 18.2. The Labute approximate surface area is 184 Å². The van der Waals surface area contributed by atoms with E-state index in [9.17, 15) is 9.59 Å². The predicted octanol–water partition coefficient (Wildman–Crippen LogP) is 2.55. The van der Waals surface area contributed by atoms with Gasteiger partial charge in [-0.3, -0.25) is 14.6 Å². The number of hydrogen-bond acceptors (Lipinski definition) is 4. The first-order chi connectivity index (χ1) is 15.1. The number of aromatic nitrogens is 1. The average Bonchev–Trinajstić information content (AvgIpc) is 3.15. The number of nitrogens with zero attached hydrogens (tertiary/aromatic N) is 2. The molecular formula is C25H31N3O3. The largest absolute Gasteiger partial charge is 0.381 e. The van der Waals surface area contributed by atoms with Crippen LogP contribution in [0.2, 0.25) is 0 Å². The van der Waals surface area contributed by atoms with Gasteiger partial charge in [0.2, 0.25) is 11.8 Å². The van der Waals surface area contributed by atoms with Gasteiger partial charge in [0, 0.05) is 50.7 Å². The molecule has 6 nitrogen and oxygen atoms in total. The maximum Gasteiger partial charge on any atom is 0.227 e. The highest BCUT2D eigenvalue weighted by molar-refractivity contribution is 5.84. The van der Waals surface area contributed by atoms with Crippen molar-refractivity contribution >= 4 is 11.8 Å². The number of benzene rings is 1. The molecule has 1 spiro atoms. The summed E-state index contributed by atoms with van der Waals surface area (Å²) in [6, 6.07) is 11.9. The van der Waals surface area contributed by atoms with E-state index in [1.807, 2.05) is 48.2 Å². The Balaban J connectivity index is 1.42. The number of nitrogens with one attached hydrogen (secondary N) is 1. The predicted molar refractivity (Wildman–Crippen MR) is 118 cm³/mol. The second-order valence-corrected chi connectivity index (χ2v) is 8.80. The first-order valence-corrected chi connectivity index (χ1v) is 11.1. The molecule has 6 heteroatoms. The molecule has 31 heavy (non-hydrogen) atoms. The molecule has 2 aromatic rings. The van der Waals surface area contributed by atoms with Gasteiger partial charge in [0.1, 0.15) is 0 Å². The Morgan fingerprint density at radius 1 is 1.16 bits per heavy atom. The molecule has 1 N–H and O–H groups in total. The second kappa shape index (κ2) is 9.60. The van der Waals surface area contributed by atoms with Crippen LogP contribution in [-0.4, -0.2) is 54.5 Å². The third-order valence-corrected chi connectivity index (χ3v) is 6.87. The van der Waals surface area contributed by atoms with Gasteiger partial charge >= 0.3 is 0 Å². The van der Waals surface area contributed by atoms with Crippen LogP contribution in [0.25, 0.3) is 0 Å². The third-order valence-electron chi connectivity index (χ3n) is 6.87. The molecule has 2 amide bonds. The normalized spacial score (nSPS) is 20.0. The number of ether oxygens (including phenoxy) is 1. The fraction of sp³-hybridized carbons (Fsp3) is 0.480. The summed E-state index contributed by atoms with van der Waals surface area (Å²) in [5.41, 5.74) is 3.15. The topological polar surface area (TPSA) is 71.5 Å². The Morgan fingerprint density at radius 3 is 2.65 bits per heavy atom. The number of aryl methyl sites for hydroxylation is 1. The summed E-state index contributed by atoms with van der Waals surface area (Å²) in [6.45, 7) is 5.06. The second-order valence-electron chi connectivity index (χ2n) is 8.80. The lowest BCUT2D eigenvalue weighted by Crippen LogP contribution is -2.44. The molecule has 164 valence electrons. The molecule has 0 radical (unpaired) electrons. The fourth-order valence-electron chi connectivity index (χ4n) is 4.89. The number of rotatable bonds is 6. The van der Waals surface area contributed by atoms with E-state index in [1.54, 1.807) is 12.4 Å². The van der Waals surface area contributed by atoms with Crippen molar-refractivity contribution in [3.63, 3.8) is 0 Å². The van der Waals surface area contributed by atoms with Gasteiger partial charge in [-0.25, -0.2) is 0 Å². The van der Waals surface area contributed by atoms with Crippen LogP contribution in [-0.2, 0) is 27.2 Å². The first kappa shape index (κ1) is 21.5. The monoisotopic (exact) mass is 421 g/mol. The van der Waals surface area contributed by atoms with Crippen LogP contribution in [0.4, 0.5) is 0 Å². The first-order valence-electron chi connectivity index (χ1n) is 11.1. The zero-order chi connectivity index (χ0) is 21.7. The van der Waals surface area contributed by atoms with Crippen LogP contribution in [0.1, 0.15) is 29.5 Å². The quantitative estimate of drug-likeness (QED) is 0.778. The van der Waals surface area contributed by atoms with Gasteiger partial charge in [0.15, 0.2) is 0 Å². The van der Waals surface area contributed by atoms with Gasteiger partial charge in [0.05, 0.1) is 12.3 Å². The number of carbonyl (C=O) groups excluding carboxylic acids is 2. The van der Waals surface area contributed by atoms with Crippen molar-refractivity contribution in [3.05, 3.63) is 65.5 Å². The maximum absolute atomic E-state index is 13.2. The molecule has 1 aromatic heterocycles. The summed E-state index contributed by atoms with van der Waals surface area (Å²) < 4.78 is 5.59. The lowest BCUT2D eigenvalue weighted by molar-refractivity contribution is -0.130. The van der Waals surface area contributed by atoms with E-state index in [-0.39, 0.29) is 23.1 Å². The van der Waals surface area contributed by atoms with Gasteiger partial charge < -0.3 is 15.0 Å². The standard InChI is InChI=1S/C25H31N3O3/c1-19-4-2-3-5-21(19)16-23(29)28-17-22(25(18-28)9-14-31-15-10-25)24(30)27-13-8-20-6-11-26-12-7-20/h2-7,11-12,22H,8-10,13-18H2,1H3,(H,27,30). The lowest BCUT2D eigenvalue weighted by atomic mass is 9.71. The molecule has 3 heterocycles. The van der Waals surface area contributed by atoms with Crippen molar-refractivity contribution in [2.75, 3.05) is 32.8 Å². The minimum absolute atomic E-state index is 0.0575. The Morgan fingerprint density at radius 2 is 1.90 bits per heavy atom. The molecule has 0 aliphatic carbocycles. The van der Waals surface area contributed by atoms with E-state index in [0.29, 0.717) is 39.3 Å². The summed E-state index contributed by atoms with van der Waals surface area (Å²) in [4.78, 5) is 32.2. The lowest BCUT2D eigenvalue weighted by Gasteiger charge is -2.37. The number of pyridine rings is 1. The van der Waals surface area contributed by atoms with Crippen molar-refractivity contribution in [3.8, 4) is 0 Å². The Bertz CT molecular complexity index is 909. The van der Waals surface area contributed by atoms with Crippen LogP contribution in [0.15, 0.2) is 48.8 Å². The smallest absolute Gasteiger partial charge is 0.227 e. The van der Waals surface area contributed by atoms with E-state index in [2.05, 4.69) is 10.3 Å². The van der Waals surface area contributed by atoms with E-state index in [1.165, 1.54) is 0 Å². The highest BCUT2D eigenvalue weighted by atomic mass is 16.5. The van der Waals surface area contributed by atoms with Crippen molar-refractivity contribution in [1.82, 2.24) is 15.2 Å².